The van der Waals surface area contributed by atoms with Crippen molar-refractivity contribution in [3.63, 3.8) is 0 Å². The van der Waals surface area contributed by atoms with Gasteiger partial charge in [0.25, 0.3) is 0 Å². The Morgan fingerprint density at radius 3 is 2.56 bits per heavy atom. The molecule has 1 aliphatic rings. The van der Waals surface area contributed by atoms with Crippen molar-refractivity contribution in [1.82, 2.24) is 15.1 Å². The number of benzene rings is 2. The van der Waals surface area contributed by atoms with Crippen LogP contribution in [0.15, 0.2) is 60.8 Å². The van der Waals surface area contributed by atoms with E-state index in [1.54, 1.807) is 7.11 Å². The Balaban J connectivity index is 1.60. The van der Waals surface area contributed by atoms with Crippen molar-refractivity contribution in [3.05, 3.63) is 66.4 Å². The average molecular weight is 335 g/mol. The maximum absolute atomic E-state index is 5.81. The van der Waals surface area contributed by atoms with Crippen LogP contribution >= 0.6 is 0 Å². The first kappa shape index (κ1) is 15.9. The Morgan fingerprint density at radius 1 is 1.08 bits per heavy atom. The Morgan fingerprint density at radius 2 is 1.88 bits per heavy atom. The molecule has 1 N–H and O–H groups in total. The summed E-state index contributed by atoms with van der Waals surface area (Å²) in [5, 5.41) is 7.85. The second kappa shape index (κ2) is 7.09. The summed E-state index contributed by atoms with van der Waals surface area (Å²) in [7, 11) is 1.67. The molecule has 0 radical (unpaired) electrons. The van der Waals surface area contributed by atoms with E-state index in [-0.39, 0.29) is 6.10 Å². The third-order valence-corrected chi connectivity index (χ3v) is 4.47. The van der Waals surface area contributed by atoms with Crippen molar-refractivity contribution < 1.29 is 9.47 Å². The molecule has 1 saturated heterocycles. The van der Waals surface area contributed by atoms with E-state index in [2.05, 4.69) is 34.7 Å². The summed E-state index contributed by atoms with van der Waals surface area (Å²) in [4.78, 5) is 0. The van der Waals surface area contributed by atoms with Gasteiger partial charge in [-0.25, -0.2) is 4.68 Å². The zero-order chi connectivity index (χ0) is 17.1. The number of ether oxygens (including phenoxy) is 2. The van der Waals surface area contributed by atoms with E-state index in [0.717, 1.165) is 42.4 Å². The highest BCUT2D eigenvalue weighted by Crippen LogP contribution is 2.26. The van der Waals surface area contributed by atoms with E-state index < -0.39 is 0 Å². The molecule has 2 heterocycles. The van der Waals surface area contributed by atoms with Crippen LogP contribution in [0, 0.1) is 0 Å². The van der Waals surface area contributed by atoms with Crippen molar-refractivity contribution in [2.24, 2.45) is 0 Å². The number of aromatic nitrogens is 2. The van der Waals surface area contributed by atoms with Crippen LogP contribution in [0.5, 0.6) is 5.75 Å². The number of nitrogens with one attached hydrogen (secondary N) is 1. The second-order valence-electron chi connectivity index (χ2n) is 6.01. The number of rotatable bonds is 4. The van der Waals surface area contributed by atoms with Gasteiger partial charge in [0, 0.05) is 18.7 Å². The third-order valence-electron chi connectivity index (χ3n) is 4.47. The van der Waals surface area contributed by atoms with E-state index in [1.165, 1.54) is 5.56 Å². The largest absolute Gasteiger partial charge is 0.497 e. The first-order valence-electron chi connectivity index (χ1n) is 8.46. The van der Waals surface area contributed by atoms with Crippen LogP contribution in [0.1, 0.15) is 11.7 Å². The van der Waals surface area contributed by atoms with Gasteiger partial charge in [0.15, 0.2) is 0 Å². The van der Waals surface area contributed by atoms with Gasteiger partial charge in [-0.15, -0.1) is 0 Å². The molecule has 1 fully saturated rings. The summed E-state index contributed by atoms with van der Waals surface area (Å²) in [6.07, 6.45) is 1.95. The zero-order valence-electron chi connectivity index (χ0n) is 14.2. The topological polar surface area (TPSA) is 48.3 Å². The quantitative estimate of drug-likeness (QED) is 0.795. The SMILES string of the molecule is COc1ccc(-c2ccnn2-c2ccc(C3CNCCO3)cc2)cc1. The fourth-order valence-corrected chi connectivity index (χ4v) is 3.10. The predicted molar refractivity (Wildman–Crippen MR) is 97.1 cm³/mol. The first-order valence-corrected chi connectivity index (χ1v) is 8.46. The Labute approximate surface area is 147 Å². The monoisotopic (exact) mass is 335 g/mol. The molecule has 1 atom stereocenters. The van der Waals surface area contributed by atoms with Gasteiger partial charge in [-0.2, -0.15) is 5.10 Å². The molecule has 128 valence electrons. The van der Waals surface area contributed by atoms with Crippen molar-refractivity contribution >= 4 is 0 Å². The van der Waals surface area contributed by atoms with Crippen LogP contribution in [0.3, 0.4) is 0 Å². The minimum absolute atomic E-state index is 0.126. The normalized spacial score (nSPS) is 17.4. The fourth-order valence-electron chi connectivity index (χ4n) is 3.10. The minimum Gasteiger partial charge on any atom is -0.497 e. The molecule has 2 aromatic carbocycles. The highest BCUT2D eigenvalue weighted by Gasteiger charge is 2.16. The second-order valence-corrected chi connectivity index (χ2v) is 6.01. The smallest absolute Gasteiger partial charge is 0.118 e. The fraction of sp³-hybridized carbons (Fsp3) is 0.250. The molecule has 0 bridgehead atoms. The lowest BCUT2D eigenvalue weighted by Gasteiger charge is -2.24. The molecule has 1 aromatic heterocycles. The van der Waals surface area contributed by atoms with Crippen molar-refractivity contribution in [2.45, 2.75) is 6.10 Å². The van der Waals surface area contributed by atoms with Gasteiger partial charge in [-0.1, -0.05) is 12.1 Å². The molecule has 0 amide bonds. The van der Waals surface area contributed by atoms with Crippen molar-refractivity contribution in [2.75, 3.05) is 26.8 Å². The zero-order valence-corrected chi connectivity index (χ0v) is 14.2. The lowest BCUT2D eigenvalue weighted by atomic mass is 10.1. The summed E-state index contributed by atoms with van der Waals surface area (Å²) in [6.45, 7) is 2.54. The van der Waals surface area contributed by atoms with Crippen molar-refractivity contribution in [1.29, 1.82) is 0 Å². The molecule has 0 aliphatic carbocycles. The molecule has 3 aromatic rings. The van der Waals surface area contributed by atoms with Gasteiger partial charge in [0.1, 0.15) is 5.75 Å². The van der Waals surface area contributed by atoms with E-state index in [9.17, 15) is 0 Å². The van der Waals surface area contributed by atoms with E-state index in [4.69, 9.17) is 9.47 Å². The van der Waals surface area contributed by atoms with E-state index in [0.29, 0.717) is 0 Å². The Bertz CT molecular complexity index is 819. The molecule has 25 heavy (non-hydrogen) atoms. The van der Waals surface area contributed by atoms with Crippen LogP contribution in [0.2, 0.25) is 0 Å². The van der Waals surface area contributed by atoms with Crippen LogP contribution < -0.4 is 10.1 Å². The van der Waals surface area contributed by atoms with Crippen LogP contribution in [0.25, 0.3) is 16.9 Å². The van der Waals surface area contributed by atoms with Gasteiger partial charge in [-0.3, -0.25) is 0 Å². The summed E-state index contributed by atoms with van der Waals surface area (Å²) in [6, 6.07) is 18.4. The predicted octanol–water partition coefficient (Wildman–Crippen LogP) is 3.21. The Hall–Kier alpha value is -2.63. The van der Waals surface area contributed by atoms with E-state index in [1.807, 2.05) is 41.2 Å². The highest BCUT2D eigenvalue weighted by molar-refractivity contribution is 5.62. The standard InChI is InChI=1S/C20H21N3O2/c1-24-18-8-4-15(5-9-18)19-10-11-22-23(19)17-6-2-16(3-7-17)20-14-21-12-13-25-20/h2-11,20-21H,12-14H2,1H3. The van der Waals surface area contributed by atoms with Gasteiger partial charge in [0.2, 0.25) is 0 Å². The Kier molecular flexibility index (Phi) is 4.50. The molecule has 1 unspecified atom stereocenters. The molecule has 4 rings (SSSR count). The third kappa shape index (κ3) is 3.29. The van der Waals surface area contributed by atoms with Gasteiger partial charge in [0.05, 0.1) is 37.4 Å². The van der Waals surface area contributed by atoms with Gasteiger partial charge in [-0.05, 0) is 48.0 Å². The molecular weight excluding hydrogens is 314 g/mol. The molecule has 1 aliphatic heterocycles. The molecular formula is C20H21N3O2. The summed E-state index contributed by atoms with van der Waals surface area (Å²) in [5.41, 5.74) is 4.37. The number of hydrogen-bond acceptors (Lipinski definition) is 4. The van der Waals surface area contributed by atoms with Crippen LogP contribution in [0.4, 0.5) is 0 Å². The lowest BCUT2D eigenvalue weighted by molar-refractivity contribution is 0.0277. The number of nitrogens with zero attached hydrogens (tertiary/aromatic N) is 2. The van der Waals surface area contributed by atoms with Gasteiger partial charge >= 0.3 is 0 Å². The summed E-state index contributed by atoms with van der Waals surface area (Å²) < 4.78 is 13.0. The maximum atomic E-state index is 5.81. The van der Waals surface area contributed by atoms with E-state index >= 15 is 0 Å². The average Bonchev–Trinajstić information content (AvgIpc) is 3.19. The van der Waals surface area contributed by atoms with Crippen molar-refractivity contribution in [3.8, 4) is 22.7 Å². The van der Waals surface area contributed by atoms with Gasteiger partial charge < -0.3 is 14.8 Å². The molecule has 0 saturated carbocycles. The highest BCUT2D eigenvalue weighted by atomic mass is 16.5. The number of morpholine rings is 1. The number of hydrogen-bond donors (Lipinski definition) is 1. The number of methoxy groups -OCH3 is 1. The van der Waals surface area contributed by atoms with Crippen LogP contribution in [-0.4, -0.2) is 36.6 Å². The lowest BCUT2D eigenvalue weighted by Crippen LogP contribution is -2.33. The first-order chi connectivity index (χ1) is 12.3. The molecule has 0 spiro atoms. The maximum Gasteiger partial charge on any atom is 0.118 e. The summed E-state index contributed by atoms with van der Waals surface area (Å²) in [5.74, 6) is 0.847. The molecule has 5 nitrogen and oxygen atoms in total. The minimum atomic E-state index is 0.126. The van der Waals surface area contributed by atoms with Crippen LogP contribution in [-0.2, 0) is 4.74 Å². The molecule has 5 heteroatoms. The summed E-state index contributed by atoms with van der Waals surface area (Å²) >= 11 is 0.